The molecule has 0 bridgehead atoms. The van der Waals surface area contributed by atoms with Gasteiger partial charge in [0.15, 0.2) is 0 Å². The van der Waals surface area contributed by atoms with Crippen LogP contribution in [0.1, 0.15) is 24.4 Å². The highest BCUT2D eigenvalue weighted by Crippen LogP contribution is 2.37. The van der Waals surface area contributed by atoms with Gasteiger partial charge in [0, 0.05) is 29.7 Å². The average Bonchev–Trinajstić information content (AvgIpc) is 3.23. The normalized spacial score (nSPS) is 22.5. The Bertz CT molecular complexity index is 852. The Morgan fingerprint density at radius 1 is 1.00 bits per heavy atom. The van der Waals surface area contributed by atoms with Crippen LogP contribution in [0.2, 0.25) is 15.1 Å². The quantitative estimate of drug-likeness (QED) is 0.748. The molecule has 4 rings (SSSR count). The van der Waals surface area contributed by atoms with Gasteiger partial charge in [0.25, 0.3) is 0 Å². The number of piperazine rings is 1. The maximum Gasteiger partial charge on any atom is 0.239 e. The first-order valence-electron chi connectivity index (χ1n) is 9.52. The van der Waals surface area contributed by atoms with Gasteiger partial charge in [-0.15, -0.1) is 0 Å². The van der Waals surface area contributed by atoms with E-state index in [0.717, 1.165) is 30.6 Å². The molecular formula is C21H22Cl3N3O. The Hall–Kier alpha value is -1.46. The van der Waals surface area contributed by atoms with Crippen LogP contribution >= 0.6 is 34.8 Å². The minimum absolute atomic E-state index is 0.00459. The van der Waals surface area contributed by atoms with Crippen LogP contribution in [0.4, 0.5) is 5.69 Å². The van der Waals surface area contributed by atoms with Crippen molar-refractivity contribution in [3.63, 3.8) is 0 Å². The summed E-state index contributed by atoms with van der Waals surface area (Å²) >= 11 is 18.7. The molecule has 2 fully saturated rings. The predicted octanol–water partition coefficient (Wildman–Crippen LogP) is 4.79. The molecule has 0 spiro atoms. The molecule has 2 aromatic carbocycles. The second kappa shape index (κ2) is 8.50. The number of rotatable bonds is 3. The molecule has 2 atom stereocenters. The van der Waals surface area contributed by atoms with E-state index in [1.807, 2.05) is 41.3 Å². The van der Waals surface area contributed by atoms with Crippen LogP contribution in [0.15, 0.2) is 42.5 Å². The highest BCUT2D eigenvalue weighted by atomic mass is 35.5. The number of halogens is 3. The second-order valence-electron chi connectivity index (χ2n) is 7.29. The standard InChI is InChI=1S/C21H22Cl3N3O/c22-15-5-3-14(4-6-15)20-13-26(21(28)18-2-1-9-25-18)10-11-27(20)19-8-7-16(23)12-17(19)24/h3-8,12,18,20,25H,1-2,9-11,13H2/t18-,20-/m0/s1. The molecule has 7 heteroatoms. The van der Waals surface area contributed by atoms with Crippen molar-refractivity contribution in [3.05, 3.63) is 63.1 Å². The minimum Gasteiger partial charge on any atom is -0.360 e. The van der Waals surface area contributed by atoms with E-state index in [0.29, 0.717) is 34.7 Å². The fraction of sp³-hybridized carbons (Fsp3) is 0.381. The van der Waals surface area contributed by atoms with E-state index >= 15 is 0 Å². The van der Waals surface area contributed by atoms with Crippen LogP contribution in [0, 0.1) is 0 Å². The molecule has 0 saturated carbocycles. The van der Waals surface area contributed by atoms with Crippen LogP contribution in [-0.4, -0.2) is 43.0 Å². The summed E-state index contributed by atoms with van der Waals surface area (Å²) in [5.74, 6) is 0.193. The van der Waals surface area contributed by atoms with Crippen molar-refractivity contribution in [3.8, 4) is 0 Å². The van der Waals surface area contributed by atoms with Gasteiger partial charge in [0.1, 0.15) is 0 Å². The predicted molar refractivity (Wildman–Crippen MR) is 116 cm³/mol. The molecule has 0 unspecified atom stereocenters. The number of hydrogen-bond donors (Lipinski definition) is 1. The number of nitrogens with one attached hydrogen (secondary N) is 1. The molecule has 0 aromatic heterocycles. The second-order valence-corrected chi connectivity index (χ2v) is 8.57. The zero-order valence-electron chi connectivity index (χ0n) is 15.4. The van der Waals surface area contributed by atoms with Gasteiger partial charge in [-0.1, -0.05) is 46.9 Å². The van der Waals surface area contributed by atoms with Crippen molar-refractivity contribution in [1.82, 2.24) is 10.2 Å². The van der Waals surface area contributed by atoms with E-state index in [9.17, 15) is 4.79 Å². The van der Waals surface area contributed by atoms with Gasteiger partial charge in [-0.05, 0) is 55.3 Å². The highest BCUT2D eigenvalue weighted by Gasteiger charge is 2.35. The van der Waals surface area contributed by atoms with Crippen molar-refractivity contribution in [2.75, 3.05) is 31.1 Å². The molecule has 1 N–H and O–H groups in total. The summed E-state index contributed by atoms with van der Waals surface area (Å²) in [6, 6.07) is 13.3. The first-order valence-corrected chi connectivity index (χ1v) is 10.7. The Morgan fingerprint density at radius 2 is 1.75 bits per heavy atom. The van der Waals surface area contributed by atoms with Crippen molar-refractivity contribution >= 4 is 46.4 Å². The van der Waals surface area contributed by atoms with Crippen LogP contribution < -0.4 is 10.2 Å². The maximum absolute atomic E-state index is 13.0. The van der Waals surface area contributed by atoms with Crippen molar-refractivity contribution in [1.29, 1.82) is 0 Å². The van der Waals surface area contributed by atoms with E-state index in [4.69, 9.17) is 34.8 Å². The van der Waals surface area contributed by atoms with Gasteiger partial charge >= 0.3 is 0 Å². The lowest BCUT2D eigenvalue weighted by Gasteiger charge is -2.44. The third-order valence-electron chi connectivity index (χ3n) is 5.52. The Kier molecular flexibility index (Phi) is 6.02. The Balaban J connectivity index is 1.64. The molecule has 2 aliphatic heterocycles. The third-order valence-corrected chi connectivity index (χ3v) is 6.31. The number of carbonyl (C=O) groups is 1. The monoisotopic (exact) mass is 437 g/mol. The minimum atomic E-state index is -0.0588. The highest BCUT2D eigenvalue weighted by molar-refractivity contribution is 6.36. The lowest BCUT2D eigenvalue weighted by atomic mass is 10.0. The van der Waals surface area contributed by atoms with Crippen LogP contribution in [0.3, 0.4) is 0 Å². The molecular weight excluding hydrogens is 417 g/mol. The average molecular weight is 439 g/mol. The first kappa shape index (κ1) is 19.8. The van der Waals surface area contributed by atoms with Gasteiger partial charge in [-0.25, -0.2) is 0 Å². The van der Waals surface area contributed by atoms with Crippen LogP contribution in [0.5, 0.6) is 0 Å². The lowest BCUT2D eigenvalue weighted by molar-refractivity contribution is -0.133. The summed E-state index contributed by atoms with van der Waals surface area (Å²) in [4.78, 5) is 17.2. The fourth-order valence-electron chi connectivity index (χ4n) is 4.07. The summed E-state index contributed by atoms with van der Waals surface area (Å²) in [7, 11) is 0. The summed E-state index contributed by atoms with van der Waals surface area (Å²) in [6.07, 6.45) is 1.96. The van der Waals surface area contributed by atoms with Crippen molar-refractivity contribution in [2.24, 2.45) is 0 Å². The summed E-state index contributed by atoms with van der Waals surface area (Å²) < 4.78 is 0. The summed E-state index contributed by atoms with van der Waals surface area (Å²) in [5, 5.41) is 5.23. The zero-order valence-corrected chi connectivity index (χ0v) is 17.6. The first-order chi connectivity index (χ1) is 13.5. The van der Waals surface area contributed by atoms with Gasteiger partial charge in [-0.3, -0.25) is 4.79 Å². The number of benzene rings is 2. The molecule has 28 heavy (non-hydrogen) atoms. The number of amides is 1. The van der Waals surface area contributed by atoms with E-state index in [-0.39, 0.29) is 18.0 Å². The molecule has 2 aliphatic rings. The molecule has 148 valence electrons. The van der Waals surface area contributed by atoms with Gasteiger partial charge in [-0.2, -0.15) is 0 Å². The van der Waals surface area contributed by atoms with Crippen LogP contribution in [-0.2, 0) is 4.79 Å². The van der Waals surface area contributed by atoms with Gasteiger partial charge in [0.2, 0.25) is 5.91 Å². The number of carbonyl (C=O) groups excluding carboxylic acids is 1. The summed E-state index contributed by atoms with van der Waals surface area (Å²) in [6.45, 7) is 2.89. The summed E-state index contributed by atoms with van der Waals surface area (Å²) in [5.41, 5.74) is 2.03. The Labute approximate surface area is 180 Å². The SMILES string of the molecule is O=C([C@@H]1CCCN1)N1CCN(c2ccc(Cl)cc2Cl)[C@H](c2ccc(Cl)cc2)C1. The van der Waals surface area contributed by atoms with E-state index in [1.54, 1.807) is 6.07 Å². The molecule has 0 radical (unpaired) electrons. The van der Waals surface area contributed by atoms with Gasteiger partial charge < -0.3 is 15.1 Å². The van der Waals surface area contributed by atoms with E-state index < -0.39 is 0 Å². The molecule has 1 amide bonds. The molecule has 0 aliphatic carbocycles. The molecule has 2 saturated heterocycles. The topological polar surface area (TPSA) is 35.6 Å². The fourth-order valence-corrected chi connectivity index (χ4v) is 4.71. The van der Waals surface area contributed by atoms with E-state index in [2.05, 4.69) is 10.2 Å². The molecule has 4 nitrogen and oxygen atoms in total. The van der Waals surface area contributed by atoms with Crippen LogP contribution in [0.25, 0.3) is 0 Å². The number of nitrogens with zero attached hydrogens (tertiary/aromatic N) is 2. The Morgan fingerprint density at radius 3 is 2.43 bits per heavy atom. The van der Waals surface area contributed by atoms with E-state index in [1.165, 1.54) is 0 Å². The zero-order chi connectivity index (χ0) is 19.7. The number of anilines is 1. The maximum atomic E-state index is 13.0. The molecule has 2 aromatic rings. The molecule has 2 heterocycles. The van der Waals surface area contributed by atoms with Crippen molar-refractivity contribution < 1.29 is 4.79 Å². The lowest BCUT2D eigenvalue weighted by Crippen LogP contribution is -2.54. The van der Waals surface area contributed by atoms with Crippen molar-refractivity contribution in [2.45, 2.75) is 24.9 Å². The van der Waals surface area contributed by atoms with Gasteiger partial charge in [0.05, 0.1) is 22.8 Å². The smallest absolute Gasteiger partial charge is 0.239 e. The largest absolute Gasteiger partial charge is 0.360 e. The third kappa shape index (κ3) is 4.11. The number of hydrogen-bond acceptors (Lipinski definition) is 3.